The van der Waals surface area contributed by atoms with Crippen LogP contribution in [0, 0.1) is 39.9 Å². The number of hydrogen-bond acceptors (Lipinski definition) is 3. The van der Waals surface area contributed by atoms with Gasteiger partial charge in [0.1, 0.15) is 0 Å². The van der Waals surface area contributed by atoms with Crippen molar-refractivity contribution >= 4 is 5.97 Å². The van der Waals surface area contributed by atoms with Crippen LogP contribution in [0.2, 0.25) is 0 Å². The topological polar surface area (TPSA) is 46.5 Å². The fourth-order valence-corrected chi connectivity index (χ4v) is 0.358. The first-order valence-corrected chi connectivity index (χ1v) is 1.86. The molecule has 1 atom stereocenters. The summed E-state index contributed by atoms with van der Waals surface area (Å²) in [6.45, 7) is 0. The van der Waals surface area contributed by atoms with Crippen molar-refractivity contribution < 1.29 is 54.6 Å². The predicted molar refractivity (Wildman–Crippen MR) is 21.2 cm³/mol. The summed E-state index contributed by atoms with van der Waals surface area (Å²) in [6, 6.07) is 0. The Kier molecular flexibility index (Phi) is 3.72. The van der Waals surface area contributed by atoms with E-state index in [0.717, 1.165) is 0 Å². The van der Waals surface area contributed by atoms with Gasteiger partial charge in [-0.3, -0.25) is 0 Å². The van der Waals surface area contributed by atoms with E-state index in [9.17, 15) is 4.79 Å². The maximum absolute atomic E-state index is 9.98. The number of hydrogen-bond donors (Lipinski definition) is 1. The molecule has 0 aromatic carbocycles. The zero-order valence-electron chi connectivity index (χ0n) is 3.85. The molecule has 0 aromatic rings. The third kappa shape index (κ3) is 2.18. The number of aliphatic hydroxyl groups excluding tert-OH is 1. The van der Waals surface area contributed by atoms with Gasteiger partial charge in [-0.05, 0) is 6.08 Å². The van der Waals surface area contributed by atoms with Gasteiger partial charge in [-0.15, -0.1) is 0 Å². The quantitative estimate of drug-likeness (QED) is 0.591. The first kappa shape index (κ1) is 8.49. The van der Waals surface area contributed by atoms with E-state index in [1.165, 1.54) is 12.2 Å². The molecule has 1 aliphatic rings. The van der Waals surface area contributed by atoms with E-state index in [1.807, 2.05) is 0 Å². The van der Waals surface area contributed by atoms with Gasteiger partial charge in [0.2, 0.25) is 6.29 Å². The summed E-state index contributed by atoms with van der Waals surface area (Å²) in [7, 11) is 0. The number of rotatable bonds is 0. The molecular weight excluding hydrogens is 253 g/mol. The zero-order chi connectivity index (χ0) is 5.28. The molecule has 0 saturated heterocycles. The van der Waals surface area contributed by atoms with Crippen molar-refractivity contribution in [3.05, 3.63) is 12.2 Å². The first-order valence-electron chi connectivity index (χ1n) is 1.86. The Bertz CT molecular complexity index is 120. The maximum atomic E-state index is 9.98. The van der Waals surface area contributed by atoms with Crippen molar-refractivity contribution in [2.75, 3.05) is 0 Å². The molecule has 8 heavy (non-hydrogen) atoms. The van der Waals surface area contributed by atoms with Crippen LogP contribution in [0.3, 0.4) is 0 Å². The summed E-state index contributed by atoms with van der Waals surface area (Å²) in [4.78, 5) is 9.98. The van der Waals surface area contributed by atoms with E-state index in [0.29, 0.717) is 0 Å². The molecule has 0 fully saturated rings. The molecule has 4 heteroatoms. The van der Waals surface area contributed by atoms with Crippen LogP contribution in [0.25, 0.3) is 0 Å². The summed E-state index contributed by atoms with van der Waals surface area (Å²) in [5, 5.41) is 8.37. The van der Waals surface area contributed by atoms with Gasteiger partial charge in [0, 0.05) is 46.0 Å². The normalized spacial score (nSPS) is 24.6. The largest absolute Gasteiger partial charge is 0.429 e. The molecule has 0 amide bonds. The van der Waals surface area contributed by atoms with Crippen molar-refractivity contribution in [2.45, 2.75) is 6.29 Å². The van der Waals surface area contributed by atoms with Crippen molar-refractivity contribution in [2.24, 2.45) is 0 Å². The van der Waals surface area contributed by atoms with Crippen LogP contribution < -0.4 is 0 Å². The third-order valence-electron chi connectivity index (χ3n) is 0.634. The number of carbonyl (C=O) groups excluding carboxylic acids is 1. The van der Waals surface area contributed by atoms with Crippen molar-refractivity contribution in [1.82, 2.24) is 0 Å². The molecule has 1 heterocycles. The van der Waals surface area contributed by atoms with Gasteiger partial charge in [-0.1, -0.05) is 0 Å². The van der Waals surface area contributed by atoms with Gasteiger partial charge in [0.15, 0.2) is 0 Å². The van der Waals surface area contributed by atoms with E-state index in [-0.39, 0.29) is 39.9 Å². The Hall–Kier alpha value is 0.495. The molecular formula is C4H4GdO3. The SMILES string of the molecule is O=C1C=CC(O)O1.[Gd]. The minimum Gasteiger partial charge on any atom is -0.429 e. The number of ether oxygens (including phenoxy) is 1. The van der Waals surface area contributed by atoms with Gasteiger partial charge in [0.25, 0.3) is 0 Å². The molecule has 0 aromatic heterocycles. The van der Waals surface area contributed by atoms with E-state index < -0.39 is 12.3 Å². The molecule has 1 rings (SSSR count). The van der Waals surface area contributed by atoms with Gasteiger partial charge < -0.3 is 9.84 Å². The summed E-state index contributed by atoms with van der Waals surface area (Å²) in [5.41, 5.74) is 0. The molecule has 0 saturated carbocycles. The van der Waals surface area contributed by atoms with Crippen LogP contribution in [0.1, 0.15) is 0 Å². The van der Waals surface area contributed by atoms with Crippen LogP contribution in [-0.2, 0) is 9.53 Å². The van der Waals surface area contributed by atoms with Crippen LogP contribution in [0.5, 0.6) is 0 Å². The molecule has 1 aliphatic heterocycles. The Balaban J connectivity index is 0.000000490. The fraction of sp³-hybridized carbons (Fsp3) is 0.250. The monoisotopic (exact) mass is 258 g/mol. The zero-order valence-corrected chi connectivity index (χ0v) is 6.12. The molecule has 0 radical (unpaired) electrons. The van der Waals surface area contributed by atoms with Gasteiger partial charge in [-0.25, -0.2) is 4.79 Å². The maximum Gasteiger partial charge on any atom is 0.333 e. The molecule has 0 bridgehead atoms. The van der Waals surface area contributed by atoms with Crippen LogP contribution in [-0.4, -0.2) is 17.4 Å². The second-order valence-electron chi connectivity index (χ2n) is 1.19. The number of aliphatic hydroxyl groups is 1. The molecule has 0 aliphatic carbocycles. The molecule has 0 spiro atoms. The Labute approximate surface area is 78.4 Å². The van der Waals surface area contributed by atoms with Crippen molar-refractivity contribution in [3.63, 3.8) is 0 Å². The fourth-order valence-electron chi connectivity index (χ4n) is 0.358. The van der Waals surface area contributed by atoms with E-state index >= 15 is 0 Å². The standard InChI is InChI=1S/C4H4O3.Gd/c5-3-1-2-4(6)7-3;/h1-3,5H;. The first-order chi connectivity index (χ1) is 3.29. The van der Waals surface area contributed by atoms with Crippen LogP contribution in [0.15, 0.2) is 12.2 Å². The summed E-state index contributed by atoms with van der Waals surface area (Å²) in [6.07, 6.45) is 1.46. The predicted octanol–water partition coefficient (Wildman–Crippen LogP) is -0.582. The smallest absolute Gasteiger partial charge is 0.333 e. The average Bonchev–Trinajstić information content (AvgIpc) is 1.87. The van der Waals surface area contributed by atoms with Gasteiger partial charge in [-0.2, -0.15) is 0 Å². The number of cyclic esters (lactones) is 1. The third-order valence-corrected chi connectivity index (χ3v) is 0.634. The average molecular weight is 257 g/mol. The number of esters is 1. The summed E-state index contributed by atoms with van der Waals surface area (Å²) >= 11 is 0. The Morgan fingerprint density at radius 3 is 2.50 bits per heavy atom. The molecule has 3 nitrogen and oxygen atoms in total. The van der Waals surface area contributed by atoms with E-state index in [1.54, 1.807) is 0 Å². The summed E-state index contributed by atoms with van der Waals surface area (Å²) in [5.74, 6) is -0.479. The van der Waals surface area contributed by atoms with Crippen LogP contribution in [0.4, 0.5) is 0 Å². The minimum atomic E-state index is -1.01. The second kappa shape index (κ2) is 3.51. The molecule has 46 valence electrons. The van der Waals surface area contributed by atoms with Crippen molar-refractivity contribution in [1.29, 1.82) is 0 Å². The van der Waals surface area contributed by atoms with E-state index in [2.05, 4.69) is 4.74 Å². The van der Waals surface area contributed by atoms with Gasteiger partial charge >= 0.3 is 5.97 Å². The van der Waals surface area contributed by atoms with Crippen molar-refractivity contribution in [3.8, 4) is 0 Å². The second-order valence-corrected chi connectivity index (χ2v) is 1.19. The molecule has 1 unspecified atom stereocenters. The van der Waals surface area contributed by atoms with E-state index in [4.69, 9.17) is 5.11 Å². The number of carbonyl (C=O) groups is 1. The van der Waals surface area contributed by atoms with Gasteiger partial charge in [0.05, 0.1) is 0 Å². The Morgan fingerprint density at radius 1 is 1.75 bits per heavy atom. The van der Waals surface area contributed by atoms with Crippen LogP contribution >= 0.6 is 0 Å². The Morgan fingerprint density at radius 2 is 2.38 bits per heavy atom. The molecule has 1 N–H and O–H groups in total. The summed E-state index contributed by atoms with van der Waals surface area (Å²) < 4.78 is 4.17. The minimum absolute atomic E-state index is 0.